The van der Waals surface area contributed by atoms with Gasteiger partial charge in [0.2, 0.25) is 0 Å². The van der Waals surface area contributed by atoms with Gasteiger partial charge in [0.15, 0.2) is 5.78 Å². The number of benzene rings is 2. The van der Waals surface area contributed by atoms with Gasteiger partial charge in [-0.3, -0.25) is 19.2 Å². The summed E-state index contributed by atoms with van der Waals surface area (Å²) in [6, 6.07) is 11.1. The number of nitrogens with one attached hydrogen (secondary N) is 1. The molecule has 0 saturated heterocycles. The molecule has 0 radical (unpaired) electrons. The summed E-state index contributed by atoms with van der Waals surface area (Å²) in [6.45, 7) is 0.295. The van der Waals surface area contributed by atoms with Crippen LogP contribution in [0.15, 0.2) is 42.5 Å². The largest absolute Gasteiger partial charge is 0.324 e. The van der Waals surface area contributed by atoms with Gasteiger partial charge in [0, 0.05) is 47.6 Å². The van der Waals surface area contributed by atoms with E-state index in [4.69, 9.17) is 11.6 Å². The summed E-state index contributed by atoms with van der Waals surface area (Å²) in [5.74, 6) is -0.304. The number of anilines is 1. The van der Waals surface area contributed by atoms with Crippen LogP contribution in [0.3, 0.4) is 0 Å². The van der Waals surface area contributed by atoms with Gasteiger partial charge in [-0.2, -0.15) is 0 Å². The van der Waals surface area contributed by atoms with E-state index in [0.717, 1.165) is 12.0 Å². The molecule has 1 N–H and O–H groups in total. The average Bonchev–Trinajstić information content (AvgIpc) is 3.10. The quantitative estimate of drug-likeness (QED) is 0.769. The van der Waals surface area contributed by atoms with Crippen molar-refractivity contribution in [2.24, 2.45) is 0 Å². The molecule has 0 bridgehead atoms. The molecule has 31 heavy (non-hydrogen) atoms. The van der Waals surface area contributed by atoms with Gasteiger partial charge in [-0.1, -0.05) is 11.6 Å². The SMILES string of the molecule is O=C1CCCCC(=O)C(N2Cc3cc(NC(=O)c4ccc(Cl)cc4)ccc3C2=O)CC1. The van der Waals surface area contributed by atoms with Crippen molar-refractivity contribution in [3.8, 4) is 0 Å². The van der Waals surface area contributed by atoms with Crippen LogP contribution in [0.5, 0.6) is 0 Å². The zero-order valence-corrected chi connectivity index (χ0v) is 17.8. The van der Waals surface area contributed by atoms with Crippen molar-refractivity contribution < 1.29 is 19.2 Å². The molecule has 0 spiro atoms. The Morgan fingerprint density at radius 3 is 2.48 bits per heavy atom. The normalized spacial score (nSPS) is 19.5. The number of nitrogens with zero attached hydrogens (tertiary/aromatic N) is 1. The predicted molar refractivity (Wildman–Crippen MR) is 117 cm³/mol. The Balaban J connectivity index is 1.50. The molecule has 1 unspecified atom stereocenters. The number of carbonyl (C=O) groups excluding carboxylic acids is 4. The summed E-state index contributed by atoms with van der Waals surface area (Å²) >= 11 is 5.87. The summed E-state index contributed by atoms with van der Waals surface area (Å²) in [4.78, 5) is 51.7. The number of Topliss-reactive ketones (excluding diaryl/α,β-unsaturated/α-hetero) is 2. The van der Waals surface area contributed by atoms with Crippen molar-refractivity contribution in [2.75, 3.05) is 5.32 Å². The topological polar surface area (TPSA) is 83.6 Å². The Kier molecular flexibility index (Phi) is 6.18. The maximum absolute atomic E-state index is 13.0. The lowest BCUT2D eigenvalue weighted by atomic mass is 10.0. The third-order valence-corrected chi connectivity index (χ3v) is 6.13. The molecule has 1 heterocycles. The lowest BCUT2D eigenvalue weighted by Gasteiger charge is -2.26. The molecule has 4 rings (SSSR count). The van der Waals surface area contributed by atoms with Crippen molar-refractivity contribution in [1.29, 1.82) is 0 Å². The minimum atomic E-state index is -0.575. The van der Waals surface area contributed by atoms with Gasteiger partial charge >= 0.3 is 0 Å². The maximum atomic E-state index is 13.0. The van der Waals surface area contributed by atoms with Gasteiger partial charge in [-0.25, -0.2) is 0 Å². The van der Waals surface area contributed by atoms with Crippen LogP contribution < -0.4 is 5.32 Å². The van der Waals surface area contributed by atoms with E-state index in [9.17, 15) is 19.2 Å². The first-order valence-corrected chi connectivity index (χ1v) is 10.9. The molecule has 7 heteroatoms. The highest BCUT2D eigenvalue weighted by Gasteiger charge is 2.36. The van der Waals surface area contributed by atoms with Crippen LogP contribution in [0.2, 0.25) is 5.02 Å². The van der Waals surface area contributed by atoms with Gasteiger partial charge in [-0.15, -0.1) is 0 Å². The fourth-order valence-electron chi connectivity index (χ4n) is 4.18. The van der Waals surface area contributed by atoms with E-state index >= 15 is 0 Å². The van der Waals surface area contributed by atoms with Crippen LogP contribution in [-0.2, 0) is 16.1 Å². The van der Waals surface area contributed by atoms with E-state index < -0.39 is 6.04 Å². The van der Waals surface area contributed by atoms with Crippen molar-refractivity contribution in [1.82, 2.24) is 4.90 Å². The Morgan fingerprint density at radius 1 is 0.968 bits per heavy atom. The first kappa shape index (κ1) is 21.2. The van der Waals surface area contributed by atoms with Crippen LogP contribution >= 0.6 is 11.6 Å². The second-order valence-electron chi connectivity index (χ2n) is 8.03. The minimum absolute atomic E-state index is 0.0205. The van der Waals surface area contributed by atoms with Gasteiger partial charge in [0.25, 0.3) is 11.8 Å². The molecule has 2 aromatic rings. The number of ketones is 2. The van der Waals surface area contributed by atoms with Gasteiger partial charge < -0.3 is 10.2 Å². The average molecular weight is 439 g/mol. The van der Waals surface area contributed by atoms with Crippen LogP contribution in [0.1, 0.15) is 64.8 Å². The predicted octanol–water partition coefficient (Wildman–Crippen LogP) is 4.41. The number of rotatable bonds is 3. The first-order valence-electron chi connectivity index (χ1n) is 10.5. The summed E-state index contributed by atoms with van der Waals surface area (Å²) in [7, 11) is 0. The molecule has 6 nitrogen and oxygen atoms in total. The highest BCUT2D eigenvalue weighted by atomic mass is 35.5. The Bertz CT molecular complexity index is 1050. The molecule has 160 valence electrons. The van der Waals surface area contributed by atoms with E-state index in [1.807, 2.05) is 0 Å². The monoisotopic (exact) mass is 438 g/mol. The van der Waals surface area contributed by atoms with Crippen molar-refractivity contribution in [3.63, 3.8) is 0 Å². The Morgan fingerprint density at radius 2 is 1.71 bits per heavy atom. The van der Waals surface area contributed by atoms with E-state index in [-0.39, 0.29) is 23.4 Å². The van der Waals surface area contributed by atoms with E-state index in [1.54, 1.807) is 47.4 Å². The maximum Gasteiger partial charge on any atom is 0.255 e. The van der Waals surface area contributed by atoms with Crippen LogP contribution in [0.25, 0.3) is 0 Å². The molecular formula is C24H23ClN2O4. The van der Waals surface area contributed by atoms with Gasteiger partial charge in [0.1, 0.15) is 5.78 Å². The fraction of sp³-hybridized carbons (Fsp3) is 0.333. The molecule has 2 amide bonds. The fourth-order valence-corrected chi connectivity index (χ4v) is 4.30. The standard InChI is InChI=1S/C24H23ClN2O4/c25-17-7-5-15(6-8-17)23(30)26-18-9-11-20-16(13-18)14-27(24(20)31)21-12-10-19(28)3-1-2-4-22(21)29/h5-9,11,13,21H,1-4,10,12,14H2,(H,26,30). The number of carbonyl (C=O) groups is 4. The molecule has 2 aromatic carbocycles. The van der Waals surface area contributed by atoms with Gasteiger partial charge in [0.05, 0.1) is 6.04 Å². The summed E-state index contributed by atoms with van der Waals surface area (Å²) < 4.78 is 0. The van der Waals surface area contributed by atoms with Crippen LogP contribution in [-0.4, -0.2) is 34.3 Å². The molecule has 1 saturated carbocycles. The van der Waals surface area contributed by atoms with Crippen LogP contribution in [0.4, 0.5) is 5.69 Å². The molecule has 0 aromatic heterocycles. The third-order valence-electron chi connectivity index (χ3n) is 5.87. The van der Waals surface area contributed by atoms with E-state index in [2.05, 4.69) is 5.32 Å². The summed E-state index contributed by atoms with van der Waals surface area (Å²) in [5.41, 5.74) is 2.34. The van der Waals surface area contributed by atoms with Crippen molar-refractivity contribution in [3.05, 3.63) is 64.2 Å². The molecule has 1 aliphatic carbocycles. The lowest BCUT2D eigenvalue weighted by Crippen LogP contribution is -2.41. The minimum Gasteiger partial charge on any atom is -0.324 e. The van der Waals surface area contributed by atoms with E-state index in [0.29, 0.717) is 60.5 Å². The second kappa shape index (κ2) is 9.02. The number of hydrogen-bond acceptors (Lipinski definition) is 4. The Hall–Kier alpha value is -2.99. The second-order valence-corrected chi connectivity index (χ2v) is 8.47. The number of halogens is 1. The molecular weight excluding hydrogens is 416 g/mol. The molecule has 1 atom stereocenters. The van der Waals surface area contributed by atoms with E-state index in [1.165, 1.54) is 0 Å². The van der Waals surface area contributed by atoms with Crippen molar-refractivity contribution in [2.45, 2.75) is 51.1 Å². The lowest BCUT2D eigenvalue weighted by molar-refractivity contribution is -0.124. The molecule has 1 aliphatic heterocycles. The van der Waals surface area contributed by atoms with Gasteiger partial charge in [-0.05, 0) is 67.3 Å². The third kappa shape index (κ3) is 4.69. The smallest absolute Gasteiger partial charge is 0.255 e. The molecule has 1 fully saturated rings. The highest BCUT2D eigenvalue weighted by Crippen LogP contribution is 2.30. The number of hydrogen-bond donors (Lipinski definition) is 1. The molecule has 2 aliphatic rings. The zero-order chi connectivity index (χ0) is 22.0. The highest BCUT2D eigenvalue weighted by molar-refractivity contribution is 6.30. The van der Waals surface area contributed by atoms with Crippen LogP contribution in [0, 0.1) is 0 Å². The Labute approximate surface area is 185 Å². The number of amides is 2. The van der Waals surface area contributed by atoms with Crippen molar-refractivity contribution >= 4 is 40.7 Å². The summed E-state index contributed by atoms with van der Waals surface area (Å²) in [5, 5.41) is 3.38. The number of fused-ring (bicyclic) bond motifs is 1. The first-order chi connectivity index (χ1) is 14.9. The summed E-state index contributed by atoms with van der Waals surface area (Å²) in [6.07, 6.45) is 2.99. The zero-order valence-electron chi connectivity index (χ0n) is 17.0.